The van der Waals surface area contributed by atoms with Crippen LogP contribution in [0.2, 0.25) is 5.02 Å². The predicted molar refractivity (Wildman–Crippen MR) is 109 cm³/mol. The van der Waals surface area contributed by atoms with Gasteiger partial charge in [-0.3, -0.25) is 4.79 Å². The maximum atomic E-state index is 13.4. The molecule has 1 heterocycles. The second-order valence-electron chi connectivity index (χ2n) is 6.63. The number of aryl methyl sites for hydroxylation is 1. The quantitative estimate of drug-likeness (QED) is 0.453. The molecule has 1 amide bonds. The van der Waals surface area contributed by atoms with Gasteiger partial charge in [-0.15, -0.1) is 0 Å². The fraction of sp³-hybridized carbons (Fsp3) is 0.0870. The van der Waals surface area contributed by atoms with Gasteiger partial charge in [-0.1, -0.05) is 47.5 Å². The summed E-state index contributed by atoms with van der Waals surface area (Å²) in [6, 6.07) is 19.2. The summed E-state index contributed by atoms with van der Waals surface area (Å²) in [7, 11) is 0. The summed E-state index contributed by atoms with van der Waals surface area (Å²) in [6.07, 6.45) is 0. The van der Waals surface area contributed by atoms with Gasteiger partial charge in [0.25, 0.3) is 5.91 Å². The second kappa shape index (κ2) is 7.49. The summed E-state index contributed by atoms with van der Waals surface area (Å²) in [5.74, 6) is -0.477. The highest BCUT2D eigenvalue weighted by Gasteiger charge is 2.22. The molecule has 1 aromatic heterocycles. The molecule has 0 aliphatic carbocycles. The number of fused-ring (bicyclic) bond motifs is 1. The summed E-state index contributed by atoms with van der Waals surface area (Å²) < 4.78 is 19.3. The minimum atomic E-state index is -0.358. The number of rotatable bonds is 4. The fourth-order valence-corrected chi connectivity index (χ4v) is 3.31. The molecule has 4 rings (SSSR count). The molecule has 0 atom stereocenters. The van der Waals surface area contributed by atoms with Gasteiger partial charge in [0.2, 0.25) is 5.76 Å². The number of amides is 1. The minimum Gasteiger partial charge on any atom is -0.450 e. The Kier molecular flexibility index (Phi) is 4.88. The highest BCUT2D eigenvalue weighted by molar-refractivity contribution is 6.30. The molecule has 3 aromatic carbocycles. The number of carbonyl (C=O) groups is 1. The smallest absolute Gasteiger partial charge is 0.287 e. The van der Waals surface area contributed by atoms with Crippen molar-refractivity contribution in [3.63, 3.8) is 0 Å². The van der Waals surface area contributed by atoms with E-state index in [1.54, 1.807) is 24.3 Å². The van der Waals surface area contributed by atoms with E-state index in [4.69, 9.17) is 16.0 Å². The molecule has 28 heavy (non-hydrogen) atoms. The molecule has 3 nitrogen and oxygen atoms in total. The number of furan rings is 1. The van der Waals surface area contributed by atoms with Crippen molar-refractivity contribution in [3.05, 3.63) is 94.5 Å². The molecule has 0 unspecified atom stereocenters. The van der Waals surface area contributed by atoms with Crippen LogP contribution < -0.4 is 5.32 Å². The first-order chi connectivity index (χ1) is 13.5. The molecule has 0 radical (unpaired) electrons. The summed E-state index contributed by atoms with van der Waals surface area (Å²) in [5, 5.41) is 4.29. The lowest BCUT2D eigenvalue weighted by molar-refractivity contribution is 0.0926. The summed E-state index contributed by atoms with van der Waals surface area (Å²) >= 11 is 6.02. The number of halogens is 2. The van der Waals surface area contributed by atoms with E-state index < -0.39 is 0 Å². The van der Waals surface area contributed by atoms with E-state index >= 15 is 0 Å². The van der Waals surface area contributed by atoms with E-state index in [9.17, 15) is 9.18 Å². The average molecular weight is 394 g/mol. The molecule has 0 bridgehead atoms. The maximum absolute atomic E-state index is 13.4. The molecule has 1 N–H and O–H groups in total. The molecule has 0 fully saturated rings. The van der Waals surface area contributed by atoms with Gasteiger partial charge in [0.05, 0.1) is 0 Å². The Balaban J connectivity index is 1.74. The molecule has 0 spiro atoms. The van der Waals surface area contributed by atoms with Crippen LogP contribution >= 0.6 is 11.6 Å². The lowest BCUT2D eigenvalue weighted by Crippen LogP contribution is -2.22. The third kappa shape index (κ3) is 3.64. The van der Waals surface area contributed by atoms with Gasteiger partial charge < -0.3 is 9.73 Å². The van der Waals surface area contributed by atoms with E-state index in [-0.39, 0.29) is 24.0 Å². The first-order valence-corrected chi connectivity index (χ1v) is 9.21. The Morgan fingerprint density at radius 3 is 2.61 bits per heavy atom. The van der Waals surface area contributed by atoms with E-state index in [0.29, 0.717) is 21.7 Å². The predicted octanol–water partition coefficient (Wildman–Crippen LogP) is 6.13. The molecule has 0 aliphatic rings. The zero-order valence-corrected chi connectivity index (χ0v) is 15.9. The van der Waals surface area contributed by atoms with Crippen LogP contribution in [0.1, 0.15) is 21.7 Å². The Labute approximate surface area is 166 Å². The summed E-state index contributed by atoms with van der Waals surface area (Å²) in [6.45, 7) is 2.19. The zero-order chi connectivity index (χ0) is 19.7. The molecular weight excluding hydrogens is 377 g/mol. The molecule has 5 heteroatoms. The van der Waals surface area contributed by atoms with Crippen molar-refractivity contribution in [3.8, 4) is 11.1 Å². The van der Waals surface area contributed by atoms with Crippen LogP contribution in [0, 0.1) is 12.7 Å². The molecular formula is C23H17ClFNO2. The van der Waals surface area contributed by atoms with Crippen molar-refractivity contribution in [2.24, 2.45) is 0 Å². The van der Waals surface area contributed by atoms with Crippen molar-refractivity contribution >= 4 is 28.5 Å². The van der Waals surface area contributed by atoms with E-state index in [1.807, 2.05) is 37.3 Å². The van der Waals surface area contributed by atoms with E-state index in [1.165, 1.54) is 12.1 Å². The number of nitrogens with one attached hydrogen (secondary N) is 1. The number of hydrogen-bond donors (Lipinski definition) is 1. The molecule has 4 aromatic rings. The fourth-order valence-electron chi connectivity index (χ4n) is 3.18. The first kappa shape index (κ1) is 18.3. The standard InChI is InChI=1S/C23H17ClFNO2/c1-14-5-10-20-19(11-14)21(16-6-8-17(24)9-7-16)22(28-20)23(27)26-13-15-3-2-4-18(25)12-15/h2-12H,13H2,1H3,(H,26,27). The van der Waals surface area contributed by atoms with E-state index in [0.717, 1.165) is 16.5 Å². The molecule has 0 saturated carbocycles. The third-order valence-corrected chi connectivity index (χ3v) is 4.78. The highest BCUT2D eigenvalue weighted by Crippen LogP contribution is 2.36. The second-order valence-corrected chi connectivity index (χ2v) is 7.06. The largest absolute Gasteiger partial charge is 0.450 e. The number of benzene rings is 3. The van der Waals surface area contributed by atoms with Gasteiger partial charge in [0, 0.05) is 22.5 Å². The van der Waals surface area contributed by atoms with Crippen LogP contribution in [0.25, 0.3) is 22.1 Å². The van der Waals surface area contributed by atoms with Crippen molar-refractivity contribution in [2.45, 2.75) is 13.5 Å². The van der Waals surface area contributed by atoms with Gasteiger partial charge in [0.1, 0.15) is 11.4 Å². The van der Waals surface area contributed by atoms with Crippen molar-refractivity contribution in [1.29, 1.82) is 0 Å². The van der Waals surface area contributed by atoms with Crippen molar-refractivity contribution < 1.29 is 13.6 Å². The molecule has 140 valence electrons. The highest BCUT2D eigenvalue weighted by atomic mass is 35.5. The summed E-state index contributed by atoms with van der Waals surface area (Å²) in [4.78, 5) is 12.9. The van der Waals surface area contributed by atoms with Crippen LogP contribution in [-0.2, 0) is 6.54 Å². The van der Waals surface area contributed by atoms with Gasteiger partial charge in [-0.05, 0) is 54.4 Å². The summed E-state index contributed by atoms with van der Waals surface area (Å²) in [5.41, 5.74) is 3.92. The lowest BCUT2D eigenvalue weighted by Gasteiger charge is -2.06. The lowest BCUT2D eigenvalue weighted by atomic mass is 10.0. The molecule has 0 aliphatic heterocycles. The van der Waals surface area contributed by atoms with Crippen LogP contribution in [0.15, 0.2) is 71.1 Å². The van der Waals surface area contributed by atoms with Crippen LogP contribution in [0.3, 0.4) is 0 Å². The Morgan fingerprint density at radius 1 is 1.07 bits per heavy atom. The van der Waals surface area contributed by atoms with Crippen molar-refractivity contribution in [2.75, 3.05) is 0 Å². The minimum absolute atomic E-state index is 0.201. The topological polar surface area (TPSA) is 42.2 Å². The van der Waals surface area contributed by atoms with Gasteiger partial charge in [-0.2, -0.15) is 0 Å². The monoisotopic (exact) mass is 393 g/mol. The average Bonchev–Trinajstić information content (AvgIpc) is 3.05. The number of carbonyl (C=O) groups excluding carboxylic acids is 1. The zero-order valence-electron chi connectivity index (χ0n) is 15.1. The Hall–Kier alpha value is -3.11. The van der Waals surface area contributed by atoms with Crippen molar-refractivity contribution in [1.82, 2.24) is 5.32 Å². The maximum Gasteiger partial charge on any atom is 0.287 e. The van der Waals surface area contributed by atoms with Gasteiger partial charge in [0.15, 0.2) is 0 Å². The van der Waals surface area contributed by atoms with Crippen LogP contribution in [-0.4, -0.2) is 5.91 Å². The van der Waals surface area contributed by atoms with Crippen LogP contribution in [0.4, 0.5) is 4.39 Å². The van der Waals surface area contributed by atoms with E-state index in [2.05, 4.69) is 5.32 Å². The van der Waals surface area contributed by atoms with Crippen LogP contribution in [0.5, 0.6) is 0 Å². The third-order valence-electron chi connectivity index (χ3n) is 4.52. The Bertz CT molecular complexity index is 1170. The number of hydrogen-bond acceptors (Lipinski definition) is 2. The molecule has 0 saturated heterocycles. The SMILES string of the molecule is Cc1ccc2oc(C(=O)NCc3cccc(F)c3)c(-c3ccc(Cl)cc3)c2c1. The van der Waals surface area contributed by atoms with Gasteiger partial charge >= 0.3 is 0 Å². The first-order valence-electron chi connectivity index (χ1n) is 8.83. The normalized spacial score (nSPS) is 11.0. The van der Waals surface area contributed by atoms with Gasteiger partial charge in [-0.25, -0.2) is 4.39 Å². The Morgan fingerprint density at radius 2 is 1.86 bits per heavy atom.